The van der Waals surface area contributed by atoms with Crippen molar-refractivity contribution in [2.45, 2.75) is 0 Å². The maximum atomic E-state index is 11.7. The molecule has 0 atom stereocenters. The molecule has 0 saturated carbocycles. The molecule has 1 aromatic carbocycles. The molecular formula is C12H10N4O4. The Hall–Kier alpha value is -3.16. The minimum absolute atomic E-state index is 0.157. The molecule has 8 heteroatoms. The fourth-order valence-corrected chi connectivity index (χ4v) is 1.41. The van der Waals surface area contributed by atoms with E-state index in [0.717, 1.165) is 6.21 Å². The number of carbonyl (C=O) groups excluding carboxylic acids is 1. The van der Waals surface area contributed by atoms with Crippen molar-refractivity contribution in [1.29, 1.82) is 0 Å². The Bertz CT molecular complexity index is 678. The number of nitrogens with zero attached hydrogens (tertiary/aromatic N) is 2. The third-order valence-electron chi connectivity index (χ3n) is 2.30. The first-order chi connectivity index (χ1) is 9.56. The molecule has 102 valence electrons. The Kier molecular flexibility index (Phi) is 3.75. The minimum Gasteiger partial charge on any atom is -0.400 e. The topological polar surface area (TPSA) is 124 Å². The molecule has 1 aromatic heterocycles. The van der Waals surface area contributed by atoms with Crippen LogP contribution in [0.25, 0.3) is 0 Å². The summed E-state index contributed by atoms with van der Waals surface area (Å²) in [6, 6.07) is 8.95. The molecule has 20 heavy (non-hydrogen) atoms. The number of nitro groups is 1. The lowest BCUT2D eigenvalue weighted by Crippen LogP contribution is -2.17. The second kappa shape index (κ2) is 5.65. The predicted octanol–water partition coefficient (Wildman–Crippen LogP) is 1.53. The Morgan fingerprint density at radius 2 is 2.20 bits per heavy atom. The number of benzene rings is 1. The quantitative estimate of drug-likeness (QED) is 0.378. The molecule has 2 rings (SSSR count). The number of furan rings is 1. The van der Waals surface area contributed by atoms with Gasteiger partial charge in [-0.25, -0.2) is 5.43 Å². The van der Waals surface area contributed by atoms with Crippen LogP contribution in [0.4, 0.5) is 11.6 Å². The van der Waals surface area contributed by atoms with E-state index in [2.05, 4.69) is 10.5 Å². The molecule has 0 unspecified atom stereocenters. The third kappa shape index (κ3) is 3.19. The number of amides is 1. The standard InChI is InChI=1S/C12H10N4O4/c13-9-3-1-2-8(6-9)12(17)15-14-7-10-4-5-11(20-10)16(18)19/h1-7H,13H2,(H,15,17)/b14-7+. The van der Waals surface area contributed by atoms with Crippen LogP contribution in [0.2, 0.25) is 0 Å². The molecule has 3 N–H and O–H groups in total. The molecular weight excluding hydrogens is 264 g/mol. The maximum absolute atomic E-state index is 11.7. The number of hydrogen-bond acceptors (Lipinski definition) is 6. The van der Waals surface area contributed by atoms with Crippen LogP contribution < -0.4 is 11.2 Å². The molecule has 0 saturated heterocycles. The monoisotopic (exact) mass is 274 g/mol. The number of nitrogens with one attached hydrogen (secondary N) is 1. The van der Waals surface area contributed by atoms with Gasteiger partial charge >= 0.3 is 5.88 Å². The molecule has 2 aromatic rings. The Labute approximate surface area is 113 Å². The van der Waals surface area contributed by atoms with Gasteiger partial charge in [-0.15, -0.1) is 0 Å². The summed E-state index contributed by atoms with van der Waals surface area (Å²) >= 11 is 0. The zero-order valence-corrected chi connectivity index (χ0v) is 10.1. The van der Waals surface area contributed by atoms with Crippen molar-refractivity contribution in [1.82, 2.24) is 5.43 Å². The van der Waals surface area contributed by atoms with E-state index in [1.807, 2.05) is 0 Å². The van der Waals surface area contributed by atoms with Gasteiger partial charge in [0.05, 0.1) is 12.3 Å². The number of nitrogens with two attached hydrogens (primary N) is 1. The Morgan fingerprint density at radius 3 is 2.85 bits per heavy atom. The molecule has 1 amide bonds. The fourth-order valence-electron chi connectivity index (χ4n) is 1.41. The first-order valence-electron chi connectivity index (χ1n) is 5.49. The van der Waals surface area contributed by atoms with Crippen LogP contribution in [0, 0.1) is 10.1 Å². The Balaban J connectivity index is 1.99. The van der Waals surface area contributed by atoms with Gasteiger partial charge in [-0.1, -0.05) is 6.07 Å². The summed E-state index contributed by atoms with van der Waals surface area (Å²) in [4.78, 5) is 21.4. The molecule has 0 bridgehead atoms. The summed E-state index contributed by atoms with van der Waals surface area (Å²) in [5, 5.41) is 14.0. The van der Waals surface area contributed by atoms with Crippen molar-refractivity contribution in [3.05, 3.63) is 57.8 Å². The van der Waals surface area contributed by atoms with Crippen LogP contribution in [0.5, 0.6) is 0 Å². The Morgan fingerprint density at radius 1 is 1.40 bits per heavy atom. The van der Waals surface area contributed by atoms with Crippen LogP contribution in [0.15, 0.2) is 45.9 Å². The van der Waals surface area contributed by atoms with Crippen molar-refractivity contribution in [3.8, 4) is 0 Å². The molecule has 0 aliphatic heterocycles. The second-order valence-electron chi connectivity index (χ2n) is 3.76. The number of rotatable bonds is 4. The van der Waals surface area contributed by atoms with Crippen molar-refractivity contribution in [3.63, 3.8) is 0 Å². The van der Waals surface area contributed by atoms with Crippen molar-refractivity contribution in [2.75, 3.05) is 5.73 Å². The van der Waals surface area contributed by atoms with Gasteiger partial charge in [0.15, 0.2) is 5.76 Å². The molecule has 8 nitrogen and oxygen atoms in total. The molecule has 0 aliphatic carbocycles. The van der Waals surface area contributed by atoms with E-state index in [0.29, 0.717) is 11.3 Å². The molecule has 0 aliphatic rings. The van der Waals surface area contributed by atoms with Crippen LogP contribution in [-0.4, -0.2) is 17.0 Å². The van der Waals surface area contributed by atoms with Gasteiger partial charge in [-0.2, -0.15) is 5.10 Å². The number of anilines is 1. The van der Waals surface area contributed by atoms with E-state index in [9.17, 15) is 14.9 Å². The number of hydrazone groups is 1. The SMILES string of the molecule is Nc1cccc(C(=O)N/N=C/c2ccc([N+](=O)[O-])o2)c1. The van der Waals surface area contributed by atoms with Crippen molar-refractivity contribution in [2.24, 2.45) is 5.10 Å². The smallest absolute Gasteiger partial charge is 0.400 e. The summed E-state index contributed by atoms with van der Waals surface area (Å²) in [7, 11) is 0. The van der Waals surface area contributed by atoms with Crippen molar-refractivity contribution < 1.29 is 14.1 Å². The largest absolute Gasteiger partial charge is 0.433 e. The summed E-state index contributed by atoms with van der Waals surface area (Å²) in [5.74, 6) is -0.687. The lowest BCUT2D eigenvalue weighted by molar-refractivity contribution is -0.402. The van der Waals surface area contributed by atoms with E-state index in [-0.39, 0.29) is 5.76 Å². The van der Waals surface area contributed by atoms with Gasteiger partial charge in [-0.3, -0.25) is 14.9 Å². The average molecular weight is 274 g/mol. The highest BCUT2D eigenvalue weighted by Crippen LogP contribution is 2.13. The summed E-state index contributed by atoms with van der Waals surface area (Å²) in [6.45, 7) is 0. The van der Waals surface area contributed by atoms with Gasteiger partial charge in [0, 0.05) is 11.3 Å². The summed E-state index contributed by atoms with van der Waals surface area (Å²) < 4.78 is 4.83. The molecule has 0 fully saturated rings. The molecule has 1 heterocycles. The van der Waals surface area contributed by atoms with Crippen LogP contribution in [0.1, 0.15) is 16.1 Å². The fraction of sp³-hybridized carbons (Fsp3) is 0. The minimum atomic E-state index is -0.664. The van der Waals surface area contributed by atoms with Crippen LogP contribution in [0.3, 0.4) is 0 Å². The van der Waals surface area contributed by atoms with E-state index < -0.39 is 16.7 Å². The van der Waals surface area contributed by atoms with E-state index in [1.54, 1.807) is 18.2 Å². The normalized spacial score (nSPS) is 10.6. The average Bonchev–Trinajstić information content (AvgIpc) is 2.87. The lowest BCUT2D eigenvalue weighted by atomic mass is 10.2. The maximum Gasteiger partial charge on any atom is 0.433 e. The molecule has 0 spiro atoms. The predicted molar refractivity (Wildman–Crippen MR) is 71.3 cm³/mol. The highest BCUT2D eigenvalue weighted by Gasteiger charge is 2.10. The summed E-state index contributed by atoms with van der Waals surface area (Å²) in [6.07, 6.45) is 1.16. The van der Waals surface area contributed by atoms with Gasteiger partial charge in [0.25, 0.3) is 5.91 Å². The number of hydrogen-bond donors (Lipinski definition) is 2. The first-order valence-corrected chi connectivity index (χ1v) is 5.49. The van der Waals surface area contributed by atoms with Gasteiger partial charge in [0.1, 0.15) is 4.92 Å². The van der Waals surface area contributed by atoms with Crippen molar-refractivity contribution >= 4 is 23.7 Å². The van der Waals surface area contributed by atoms with E-state index in [4.69, 9.17) is 10.2 Å². The summed E-state index contributed by atoms with van der Waals surface area (Å²) in [5.41, 5.74) is 8.62. The van der Waals surface area contributed by atoms with Crippen LogP contribution in [-0.2, 0) is 0 Å². The van der Waals surface area contributed by atoms with Gasteiger partial charge in [-0.05, 0) is 24.3 Å². The van der Waals surface area contributed by atoms with E-state index >= 15 is 0 Å². The number of carbonyl (C=O) groups is 1. The third-order valence-corrected chi connectivity index (χ3v) is 2.30. The second-order valence-corrected chi connectivity index (χ2v) is 3.76. The van der Waals surface area contributed by atoms with Gasteiger partial charge in [0.2, 0.25) is 0 Å². The number of nitrogen functional groups attached to an aromatic ring is 1. The highest BCUT2D eigenvalue weighted by atomic mass is 16.6. The van der Waals surface area contributed by atoms with Gasteiger partial charge < -0.3 is 10.2 Å². The lowest BCUT2D eigenvalue weighted by Gasteiger charge is -2.00. The first kappa shape index (κ1) is 13.3. The molecule has 0 radical (unpaired) electrons. The zero-order chi connectivity index (χ0) is 14.5. The highest BCUT2D eigenvalue weighted by molar-refractivity contribution is 5.95. The van der Waals surface area contributed by atoms with Crippen LogP contribution >= 0.6 is 0 Å². The van der Waals surface area contributed by atoms with E-state index in [1.165, 1.54) is 18.2 Å². The zero-order valence-electron chi connectivity index (χ0n) is 10.1.